The fourth-order valence-electron chi connectivity index (χ4n) is 1.31. The smallest absolute Gasteiger partial charge is 0.240 e. The van der Waals surface area contributed by atoms with Gasteiger partial charge in [0.25, 0.3) is 0 Å². The number of rotatable bonds is 6. The molecular weight excluding hydrogens is 240 g/mol. The van der Waals surface area contributed by atoms with Gasteiger partial charge >= 0.3 is 0 Å². The first-order valence-corrected chi connectivity index (χ1v) is 6.89. The summed E-state index contributed by atoms with van der Waals surface area (Å²) in [5.74, 6) is 0. The normalized spacial score (nSPS) is 13.5. The Morgan fingerprint density at radius 3 is 2.47 bits per heavy atom. The average Bonchev–Trinajstić information content (AvgIpc) is 2.26. The van der Waals surface area contributed by atoms with Gasteiger partial charge in [-0.2, -0.15) is 0 Å². The average molecular weight is 258 g/mol. The fraction of sp³-hybridized carbons (Fsp3) is 0.455. The summed E-state index contributed by atoms with van der Waals surface area (Å²) < 4.78 is 31.5. The molecule has 17 heavy (non-hydrogen) atoms. The number of hydrogen-bond donors (Lipinski definition) is 2. The zero-order valence-corrected chi connectivity index (χ0v) is 10.8. The highest BCUT2D eigenvalue weighted by Gasteiger charge is 2.16. The van der Waals surface area contributed by atoms with E-state index < -0.39 is 10.0 Å². The lowest BCUT2D eigenvalue weighted by atomic mass is 10.3. The number of nitrogens with two attached hydrogens (primary N) is 1. The van der Waals surface area contributed by atoms with Crippen LogP contribution in [0.15, 0.2) is 29.2 Å². The Balaban J connectivity index is 2.71. The van der Waals surface area contributed by atoms with Crippen LogP contribution in [0.2, 0.25) is 0 Å². The van der Waals surface area contributed by atoms with Gasteiger partial charge in [-0.1, -0.05) is 0 Å². The molecule has 1 aromatic rings. The molecule has 0 saturated heterocycles. The second-order valence-corrected chi connectivity index (χ2v) is 5.46. The van der Waals surface area contributed by atoms with Crippen molar-refractivity contribution < 1.29 is 13.2 Å². The minimum absolute atomic E-state index is 0.204. The van der Waals surface area contributed by atoms with E-state index in [4.69, 9.17) is 10.5 Å². The third kappa shape index (κ3) is 4.33. The van der Waals surface area contributed by atoms with Crippen molar-refractivity contribution in [2.45, 2.75) is 24.8 Å². The number of hydrogen-bond acceptors (Lipinski definition) is 4. The number of nitrogens with one attached hydrogen (secondary N) is 1. The second-order valence-electron chi connectivity index (χ2n) is 3.75. The SMILES string of the molecule is CCOCC(C)NS(=O)(=O)c1ccc(N)cc1. The van der Waals surface area contributed by atoms with Crippen LogP contribution in [0.1, 0.15) is 13.8 Å². The molecule has 0 saturated carbocycles. The lowest BCUT2D eigenvalue weighted by Crippen LogP contribution is -2.35. The Hall–Kier alpha value is -1.11. The maximum atomic E-state index is 11.9. The molecular formula is C11H18N2O3S. The Morgan fingerprint density at radius 2 is 1.94 bits per heavy atom. The lowest BCUT2D eigenvalue weighted by Gasteiger charge is -2.14. The topological polar surface area (TPSA) is 81.4 Å². The van der Waals surface area contributed by atoms with Gasteiger partial charge < -0.3 is 10.5 Å². The molecule has 0 bridgehead atoms. The molecule has 0 amide bonds. The Kier molecular flexibility index (Phi) is 4.92. The molecule has 1 unspecified atom stereocenters. The number of sulfonamides is 1. The summed E-state index contributed by atoms with van der Waals surface area (Å²) in [5, 5.41) is 0. The zero-order chi connectivity index (χ0) is 12.9. The number of anilines is 1. The highest BCUT2D eigenvalue weighted by atomic mass is 32.2. The van der Waals surface area contributed by atoms with Crippen LogP contribution >= 0.6 is 0 Å². The fourth-order valence-corrected chi connectivity index (χ4v) is 2.54. The van der Waals surface area contributed by atoms with Gasteiger partial charge in [-0.3, -0.25) is 0 Å². The van der Waals surface area contributed by atoms with Crippen molar-refractivity contribution >= 4 is 15.7 Å². The predicted octanol–water partition coefficient (Wildman–Crippen LogP) is 0.972. The molecule has 0 spiro atoms. The summed E-state index contributed by atoms with van der Waals surface area (Å²) in [5.41, 5.74) is 6.04. The van der Waals surface area contributed by atoms with Crippen LogP contribution in [0.25, 0.3) is 0 Å². The molecule has 1 rings (SSSR count). The van der Waals surface area contributed by atoms with E-state index in [2.05, 4.69) is 4.72 Å². The monoisotopic (exact) mass is 258 g/mol. The van der Waals surface area contributed by atoms with Crippen LogP contribution in [-0.2, 0) is 14.8 Å². The van der Waals surface area contributed by atoms with Crippen molar-refractivity contribution in [3.8, 4) is 0 Å². The van der Waals surface area contributed by atoms with Crippen molar-refractivity contribution in [3.63, 3.8) is 0 Å². The van der Waals surface area contributed by atoms with Crippen LogP contribution in [0.5, 0.6) is 0 Å². The Bertz CT molecular complexity index is 442. The molecule has 3 N–H and O–H groups in total. The molecule has 96 valence electrons. The van der Waals surface area contributed by atoms with Crippen LogP contribution < -0.4 is 10.5 Å². The molecule has 1 atom stereocenters. The van der Waals surface area contributed by atoms with Gasteiger partial charge in [0.2, 0.25) is 10.0 Å². The van der Waals surface area contributed by atoms with Crippen molar-refractivity contribution in [2.24, 2.45) is 0 Å². The molecule has 0 aromatic heterocycles. The van der Waals surface area contributed by atoms with E-state index in [1.165, 1.54) is 12.1 Å². The minimum Gasteiger partial charge on any atom is -0.399 e. The number of ether oxygens (including phenoxy) is 1. The van der Waals surface area contributed by atoms with Gasteiger partial charge in [0, 0.05) is 18.3 Å². The first-order chi connectivity index (χ1) is 7.95. The standard InChI is InChI=1S/C11H18N2O3S/c1-3-16-8-9(2)13-17(14,15)11-6-4-10(12)5-7-11/h4-7,9,13H,3,8,12H2,1-2H3. The van der Waals surface area contributed by atoms with Crippen LogP contribution in [0.3, 0.4) is 0 Å². The van der Waals surface area contributed by atoms with Crippen LogP contribution in [-0.4, -0.2) is 27.7 Å². The summed E-state index contributed by atoms with van der Waals surface area (Å²) in [6, 6.07) is 5.80. The van der Waals surface area contributed by atoms with E-state index in [9.17, 15) is 8.42 Å². The lowest BCUT2D eigenvalue weighted by molar-refractivity contribution is 0.133. The van der Waals surface area contributed by atoms with Crippen molar-refractivity contribution in [1.29, 1.82) is 0 Å². The summed E-state index contributed by atoms with van der Waals surface area (Å²) in [7, 11) is -3.49. The summed E-state index contributed by atoms with van der Waals surface area (Å²) in [6.07, 6.45) is 0. The van der Waals surface area contributed by atoms with Gasteiger partial charge in [0.1, 0.15) is 0 Å². The zero-order valence-electron chi connectivity index (χ0n) is 10.0. The molecule has 6 heteroatoms. The van der Waals surface area contributed by atoms with Gasteiger partial charge in [-0.05, 0) is 38.1 Å². The van der Waals surface area contributed by atoms with Crippen molar-refractivity contribution in [1.82, 2.24) is 4.72 Å². The van der Waals surface area contributed by atoms with E-state index in [0.29, 0.717) is 18.9 Å². The molecule has 1 aromatic carbocycles. The van der Waals surface area contributed by atoms with Crippen LogP contribution in [0.4, 0.5) is 5.69 Å². The Labute approximate surface area is 102 Å². The summed E-state index contributed by atoms with van der Waals surface area (Å²) >= 11 is 0. The maximum Gasteiger partial charge on any atom is 0.240 e. The molecule has 0 aliphatic rings. The number of nitrogen functional groups attached to an aromatic ring is 1. The highest BCUT2D eigenvalue weighted by Crippen LogP contribution is 2.11. The molecule has 5 nitrogen and oxygen atoms in total. The van der Waals surface area contributed by atoms with E-state index >= 15 is 0 Å². The molecule has 0 fully saturated rings. The molecule has 0 aliphatic heterocycles. The largest absolute Gasteiger partial charge is 0.399 e. The molecule has 0 aliphatic carbocycles. The first-order valence-electron chi connectivity index (χ1n) is 5.41. The molecule has 0 heterocycles. The number of benzene rings is 1. The van der Waals surface area contributed by atoms with E-state index in [1.807, 2.05) is 6.92 Å². The van der Waals surface area contributed by atoms with Gasteiger partial charge in [-0.15, -0.1) is 0 Å². The van der Waals surface area contributed by atoms with Crippen LogP contribution in [0, 0.1) is 0 Å². The van der Waals surface area contributed by atoms with Gasteiger partial charge in [0.05, 0.1) is 11.5 Å². The van der Waals surface area contributed by atoms with Crippen molar-refractivity contribution in [3.05, 3.63) is 24.3 Å². The van der Waals surface area contributed by atoms with Gasteiger partial charge in [0.15, 0.2) is 0 Å². The predicted molar refractivity (Wildman–Crippen MR) is 67.1 cm³/mol. The van der Waals surface area contributed by atoms with Gasteiger partial charge in [-0.25, -0.2) is 13.1 Å². The summed E-state index contributed by atoms with van der Waals surface area (Å²) in [4.78, 5) is 0.204. The van der Waals surface area contributed by atoms with E-state index in [-0.39, 0.29) is 10.9 Å². The summed E-state index contributed by atoms with van der Waals surface area (Å²) in [6.45, 7) is 4.53. The van der Waals surface area contributed by atoms with Crippen molar-refractivity contribution in [2.75, 3.05) is 18.9 Å². The molecule has 0 radical (unpaired) electrons. The maximum absolute atomic E-state index is 11.9. The first kappa shape index (κ1) is 14.0. The second kappa shape index (κ2) is 6.00. The highest BCUT2D eigenvalue weighted by molar-refractivity contribution is 7.89. The third-order valence-electron chi connectivity index (χ3n) is 2.12. The van der Waals surface area contributed by atoms with E-state index in [1.54, 1.807) is 19.1 Å². The quantitative estimate of drug-likeness (QED) is 0.745. The third-order valence-corrected chi connectivity index (χ3v) is 3.72. The van der Waals surface area contributed by atoms with E-state index in [0.717, 1.165) is 0 Å². The Morgan fingerprint density at radius 1 is 1.35 bits per heavy atom. The minimum atomic E-state index is -3.49.